The Morgan fingerprint density at radius 1 is 1.24 bits per heavy atom. The zero-order valence-corrected chi connectivity index (χ0v) is 12.1. The second-order valence-electron chi connectivity index (χ2n) is 4.27. The largest absolute Gasteiger partial charge is 0.320 e. The summed E-state index contributed by atoms with van der Waals surface area (Å²) in [7, 11) is -4.29. The van der Waals surface area contributed by atoms with Gasteiger partial charge in [0.25, 0.3) is 0 Å². The number of sulfonamides is 1. The molecule has 120 valence electrons. The molecule has 0 aromatic heterocycles. The van der Waals surface area contributed by atoms with Crippen molar-refractivity contribution in [1.29, 1.82) is 0 Å². The van der Waals surface area contributed by atoms with Crippen LogP contribution in [-0.4, -0.2) is 33.9 Å². The van der Waals surface area contributed by atoms with Gasteiger partial charge < -0.3 is 5.32 Å². The summed E-state index contributed by atoms with van der Waals surface area (Å²) in [4.78, 5) is -0.212. The Morgan fingerprint density at radius 2 is 1.86 bits per heavy atom. The first-order valence-electron chi connectivity index (χ1n) is 6.15. The van der Waals surface area contributed by atoms with Crippen LogP contribution in [0.3, 0.4) is 0 Å². The van der Waals surface area contributed by atoms with Crippen molar-refractivity contribution in [2.24, 2.45) is 0 Å². The van der Waals surface area contributed by atoms with E-state index in [9.17, 15) is 26.0 Å². The summed E-state index contributed by atoms with van der Waals surface area (Å²) in [6, 6.07) is 5.77. The van der Waals surface area contributed by atoms with E-state index in [2.05, 4.69) is 5.32 Å². The van der Waals surface area contributed by atoms with Crippen molar-refractivity contribution in [3.8, 4) is 0 Å². The molecule has 0 heterocycles. The molecule has 9 heteroatoms. The molecule has 0 saturated carbocycles. The number of nitrogens with one attached hydrogen (secondary N) is 2. The highest BCUT2D eigenvalue weighted by molar-refractivity contribution is 7.89. The van der Waals surface area contributed by atoms with E-state index in [1.807, 2.05) is 6.92 Å². The molecule has 1 aromatic carbocycles. The van der Waals surface area contributed by atoms with Gasteiger partial charge in [0.2, 0.25) is 10.0 Å². The molecule has 0 amide bonds. The molecule has 0 spiro atoms. The van der Waals surface area contributed by atoms with Gasteiger partial charge in [0.05, 0.1) is 11.4 Å². The minimum atomic E-state index is -4.41. The highest BCUT2D eigenvalue weighted by Gasteiger charge is 2.41. The average Bonchev–Trinajstić information content (AvgIpc) is 2.43. The lowest BCUT2D eigenvalue weighted by Crippen LogP contribution is -2.41. The fourth-order valence-corrected chi connectivity index (χ4v) is 2.80. The Hall–Kier alpha value is -1.19. The van der Waals surface area contributed by atoms with Gasteiger partial charge >= 0.3 is 12.3 Å². The van der Waals surface area contributed by atoms with Crippen LogP contribution in [0.25, 0.3) is 0 Å². The maximum Gasteiger partial charge on any atom is 0.320 e. The number of hydrogen-bond acceptors (Lipinski definition) is 3. The Balaban J connectivity index is 2.93. The number of rotatable bonds is 8. The topological polar surface area (TPSA) is 58.2 Å². The van der Waals surface area contributed by atoms with E-state index in [1.54, 1.807) is 6.07 Å². The standard InChI is InChI=1S/C12H16F4N2O2S/c1-2-17-7-9-5-3-4-6-10(9)21(19,20)18-8-12(15,16)11(13)14/h3-6,11,17-18H,2,7-8H2,1H3. The molecular weight excluding hydrogens is 312 g/mol. The number of benzene rings is 1. The lowest BCUT2D eigenvalue weighted by atomic mass is 10.2. The first-order chi connectivity index (χ1) is 9.70. The molecule has 4 nitrogen and oxygen atoms in total. The molecule has 0 bridgehead atoms. The lowest BCUT2D eigenvalue weighted by molar-refractivity contribution is -0.122. The van der Waals surface area contributed by atoms with E-state index in [1.165, 1.54) is 22.9 Å². The summed E-state index contributed by atoms with van der Waals surface area (Å²) in [5, 5.41) is 2.91. The summed E-state index contributed by atoms with van der Waals surface area (Å²) in [5.41, 5.74) is 0.368. The second-order valence-corrected chi connectivity index (χ2v) is 6.01. The minimum absolute atomic E-state index is 0.212. The van der Waals surface area contributed by atoms with Crippen molar-refractivity contribution in [2.45, 2.75) is 30.7 Å². The number of hydrogen-bond donors (Lipinski definition) is 2. The van der Waals surface area contributed by atoms with Crippen LogP contribution in [-0.2, 0) is 16.6 Å². The van der Waals surface area contributed by atoms with Crippen LogP contribution in [0.2, 0.25) is 0 Å². The van der Waals surface area contributed by atoms with Crippen LogP contribution in [0.1, 0.15) is 12.5 Å². The second kappa shape index (κ2) is 7.19. The Bertz CT molecular complexity index is 564. The summed E-state index contributed by atoms with van der Waals surface area (Å²) in [6.45, 7) is 0.977. The van der Waals surface area contributed by atoms with Crippen molar-refractivity contribution in [1.82, 2.24) is 10.0 Å². The molecule has 0 aliphatic heterocycles. The summed E-state index contributed by atoms with van der Waals surface area (Å²) in [5.74, 6) is -4.41. The van der Waals surface area contributed by atoms with Crippen LogP contribution in [0.5, 0.6) is 0 Å². The highest BCUT2D eigenvalue weighted by Crippen LogP contribution is 2.23. The van der Waals surface area contributed by atoms with Crippen LogP contribution in [0.15, 0.2) is 29.2 Å². The van der Waals surface area contributed by atoms with Crippen molar-refractivity contribution in [2.75, 3.05) is 13.1 Å². The predicted octanol–water partition coefficient (Wildman–Crippen LogP) is 1.97. The predicted molar refractivity (Wildman–Crippen MR) is 70.0 cm³/mol. The molecule has 0 radical (unpaired) electrons. The maximum atomic E-state index is 12.8. The van der Waals surface area contributed by atoms with E-state index in [0.717, 1.165) is 0 Å². The minimum Gasteiger partial charge on any atom is -0.313 e. The molecule has 0 aliphatic rings. The van der Waals surface area contributed by atoms with Gasteiger partial charge in [0.15, 0.2) is 0 Å². The monoisotopic (exact) mass is 328 g/mol. The Morgan fingerprint density at radius 3 is 2.43 bits per heavy atom. The summed E-state index contributed by atoms with van der Waals surface area (Å²) < 4.78 is 75.2. The fraction of sp³-hybridized carbons (Fsp3) is 0.500. The normalized spacial score (nSPS) is 12.9. The molecule has 1 aromatic rings. The van der Waals surface area contributed by atoms with Gasteiger partial charge in [-0.3, -0.25) is 0 Å². The van der Waals surface area contributed by atoms with Crippen molar-refractivity contribution in [3.05, 3.63) is 29.8 Å². The van der Waals surface area contributed by atoms with E-state index in [-0.39, 0.29) is 11.4 Å². The van der Waals surface area contributed by atoms with Crippen molar-refractivity contribution >= 4 is 10.0 Å². The third kappa shape index (κ3) is 4.94. The molecule has 0 saturated heterocycles. The van der Waals surface area contributed by atoms with Crippen LogP contribution < -0.4 is 10.0 Å². The molecule has 0 atom stereocenters. The zero-order valence-electron chi connectivity index (χ0n) is 11.2. The smallest absolute Gasteiger partial charge is 0.313 e. The zero-order chi connectivity index (χ0) is 16.1. The van der Waals surface area contributed by atoms with Gasteiger partial charge in [0.1, 0.15) is 0 Å². The number of alkyl halides is 4. The van der Waals surface area contributed by atoms with Gasteiger partial charge in [-0.15, -0.1) is 0 Å². The summed E-state index contributed by atoms with van der Waals surface area (Å²) >= 11 is 0. The third-order valence-corrected chi connectivity index (χ3v) is 4.15. The van der Waals surface area contributed by atoms with Crippen molar-refractivity contribution < 1.29 is 26.0 Å². The quantitative estimate of drug-likeness (QED) is 0.718. The summed E-state index contributed by atoms with van der Waals surface area (Å²) in [6.07, 6.45) is -3.93. The van der Waals surface area contributed by atoms with E-state index >= 15 is 0 Å². The molecule has 0 fully saturated rings. The molecular formula is C12H16F4N2O2S. The number of halogens is 4. The fourth-order valence-electron chi connectivity index (χ4n) is 1.52. The van der Waals surface area contributed by atoms with Gasteiger partial charge in [-0.1, -0.05) is 25.1 Å². The Kier molecular flexibility index (Phi) is 6.11. The van der Waals surface area contributed by atoms with Crippen LogP contribution >= 0.6 is 0 Å². The van der Waals surface area contributed by atoms with Gasteiger partial charge in [-0.25, -0.2) is 21.9 Å². The average molecular weight is 328 g/mol. The van der Waals surface area contributed by atoms with Gasteiger partial charge in [0, 0.05) is 6.54 Å². The SMILES string of the molecule is CCNCc1ccccc1S(=O)(=O)NCC(F)(F)C(F)F. The van der Waals surface area contributed by atoms with E-state index in [4.69, 9.17) is 0 Å². The van der Waals surface area contributed by atoms with Gasteiger partial charge in [-0.05, 0) is 18.2 Å². The lowest BCUT2D eigenvalue weighted by Gasteiger charge is -2.17. The van der Waals surface area contributed by atoms with Crippen LogP contribution in [0.4, 0.5) is 17.6 Å². The third-order valence-electron chi connectivity index (χ3n) is 2.64. The molecule has 0 aliphatic carbocycles. The Labute approximate surface area is 120 Å². The van der Waals surface area contributed by atoms with E-state index < -0.39 is 28.9 Å². The molecule has 2 N–H and O–H groups in total. The first-order valence-corrected chi connectivity index (χ1v) is 7.63. The first kappa shape index (κ1) is 17.9. The highest BCUT2D eigenvalue weighted by atomic mass is 32.2. The van der Waals surface area contributed by atoms with Crippen molar-refractivity contribution in [3.63, 3.8) is 0 Å². The molecule has 1 rings (SSSR count). The molecule has 0 unspecified atom stereocenters. The van der Waals surface area contributed by atoms with E-state index in [0.29, 0.717) is 12.1 Å². The van der Waals surface area contributed by atoms with Crippen LogP contribution in [0, 0.1) is 0 Å². The molecule has 21 heavy (non-hydrogen) atoms. The maximum absolute atomic E-state index is 12.8. The van der Waals surface area contributed by atoms with Gasteiger partial charge in [-0.2, -0.15) is 8.78 Å².